The minimum absolute atomic E-state index is 0.0480. The van der Waals surface area contributed by atoms with Gasteiger partial charge in [0.05, 0.1) is 22.8 Å². The van der Waals surface area contributed by atoms with Gasteiger partial charge in [-0.3, -0.25) is 14.6 Å². The smallest absolute Gasteiger partial charge is 0.254 e. The van der Waals surface area contributed by atoms with E-state index in [1.165, 1.54) is 7.11 Å². The molecule has 35 heavy (non-hydrogen) atoms. The van der Waals surface area contributed by atoms with Gasteiger partial charge in [-0.25, -0.2) is 9.97 Å². The van der Waals surface area contributed by atoms with Gasteiger partial charge in [-0.2, -0.15) is 0 Å². The molecule has 0 unspecified atom stereocenters. The molecule has 5 rings (SSSR count). The van der Waals surface area contributed by atoms with Gasteiger partial charge in [0.2, 0.25) is 5.91 Å². The number of benzene rings is 1. The molecule has 0 spiro atoms. The number of nitrogens with zero attached hydrogens (tertiary/aromatic N) is 5. The standard InChI is InChI=1S/C25H26N6O3S/c1-30-22-18(28-21(32)15-34-2)12-17(13-19(22)29-23(30)16-6-5-8-26-14-16)25(33)31-10-4-3-7-20(31)24-27-9-11-35-24/h5-6,8-9,11-14,20H,3-4,7,10,15H2,1-2H3,(H,28,32)/t20-/m1/s1. The summed E-state index contributed by atoms with van der Waals surface area (Å²) in [6.45, 7) is 0.570. The fourth-order valence-corrected chi connectivity index (χ4v) is 5.42. The van der Waals surface area contributed by atoms with Crippen LogP contribution in [-0.4, -0.2) is 56.5 Å². The van der Waals surface area contributed by atoms with Crippen LogP contribution >= 0.6 is 11.3 Å². The summed E-state index contributed by atoms with van der Waals surface area (Å²) in [5.41, 5.74) is 3.17. The number of aromatic nitrogens is 4. The molecule has 2 amide bonds. The Balaban J connectivity index is 1.60. The van der Waals surface area contributed by atoms with Gasteiger partial charge in [0.25, 0.3) is 5.91 Å². The number of aryl methyl sites for hydroxylation is 1. The lowest BCUT2D eigenvalue weighted by Crippen LogP contribution is -2.38. The van der Waals surface area contributed by atoms with Crippen LogP contribution in [0.2, 0.25) is 0 Å². The Hall–Kier alpha value is -3.63. The van der Waals surface area contributed by atoms with Crippen molar-refractivity contribution in [3.05, 3.63) is 58.8 Å². The molecule has 1 atom stereocenters. The maximum atomic E-state index is 13.8. The second kappa shape index (κ2) is 9.93. The molecule has 0 bridgehead atoms. The van der Waals surface area contributed by atoms with Gasteiger partial charge in [-0.15, -0.1) is 11.3 Å². The van der Waals surface area contributed by atoms with Crippen LogP contribution in [0.15, 0.2) is 48.2 Å². The number of thiazole rings is 1. The van der Waals surface area contributed by atoms with Crippen LogP contribution < -0.4 is 5.32 Å². The van der Waals surface area contributed by atoms with E-state index in [0.717, 1.165) is 35.4 Å². The molecule has 1 saturated heterocycles. The van der Waals surface area contributed by atoms with Crippen molar-refractivity contribution >= 4 is 39.9 Å². The molecule has 4 heterocycles. The van der Waals surface area contributed by atoms with E-state index in [4.69, 9.17) is 9.72 Å². The number of fused-ring (bicyclic) bond motifs is 1. The maximum absolute atomic E-state index is 13.8. The van der Waals surface area contributed by atoms with Crippen molar-refractivity contribution < 1.29 is 14.3 Å². The Morgan fingerprint density at radius 3 is 2.89 bits per heavy atom. The molecule has 0 saturated carbocycles. The highest BCUT2D eigenvalue weighted by molar-refractivity contribution is 7.09. The third-order valence-corrected chi connectivity index (χ3v) is 7.06. The van der Waals surface area contributed by atoms with E-state index in [2.05, 4.69) is 15.3 Å². The molecule has 0 aliphatic carbocycles. The second-order valence-electron chi connectivity index (χ2n) is 8.49. The van der Waals surface area contributed by atoms with Crippen molar-refractivity contribution in [1.82, 2.24) is 24.4 Å². The fraction of sp³-hybridized carbons (Fsp3) is 0.320. The molecule has 1 aliphatic heterocycles. The first-order valence-electron chi connectivity index (χ1n) is 11.5. The van der Waals surface area contributed by atoms with Crippen LogP contribution in [0.4, 0.5) is 5.69 Å². The lowest BCUT2D eigenvalue weighted by molar-refractivity contribution is -0.119. The SMILES string of the molecule is COCC(=O)Nc1cc(C(=O)N2CCCC[C@@H]2c2nccs2)cc2nc(-c3cccnc3)n(C)c12. The van der Waals surface area contributed by atoms with Crippen molar-refractivity contribution in [2.45, 2.75) is 25.3 Å². The van der Waals surface area contributed by atoms with Crippen LogP contribution in [0.3, 0.4) is 0 Å². The molecule has 1 aliphatic rings. The quantitative estimate of drug-likeness (QED) is 0.438. The zero-order valence-electron chi connectivity index (χ0n) is 19.6. The van der Waals surface area contributed by atoms with E-state index >= 15 is 0 Å². The van der Waals surface area contributed by atoms with E-state index in [-0.39, 0.29) is 24.5 Å². The molecule has 1 fully saturated rings. The monoisotopic (exact) mass is 490 g/mol. The van der Waals surface area contributed by atoms with Crippen molar-refractivity contribution in [3.8, 4) is 11.4 Å². The summed E-state index contributed by atoms with van der Waals surface area (Å²) in [6.07, 6.45) is 8.11. The number of ether oxygens (including phenoxy) is 1. The van der Waals surface area contributed by atoms with E-state index in [1.807, 2.05) is 34.0 Å². The number of piperidine rings is 1. The van der Waals surface area contributed by atoms with Gasteiger partial charge in [0.1, 0.15) is 17.4 Å². The fourth-order valence-electron chi connectivity index (χ4n) is 4.64. The number of hydrogen-bond donors (Lipinski definition) is 1. The first-order chi connectivity index (χ1) is 17.1. The molecule has 1 N–H and O–H groups in total. The highest BCUT2D eigenvalue weighted by atomic mass is 32.1. The molecule has 10 heteroatoms. The van der Waals surface area contributed by atoms with Crippen molar-refractivity contribution in [2.24, 2.45) is 7.05 Å². The summed E-state index contributed by atoms with van der Waals surface area (Å²) in [5, 5.41) is 5.80. The lowest BCUT2D eigenvalue weighted by atomic mass is 10.0. The van der Waals surface area contributed by atoms with E-state index in [1.54, 1.807) is 42.1 Å². The largest absolute Gasteiger partial charge is 0.375 e. The molecule has 9 nitrogen and oxygen atoms in total. The van der Waals surface area contributed by atoms with Crippen LogP contribution in [0.5, 0.6) is 0 Å². The Morgan fingerprint density at radius 1 is 1.26 bits per heavy atom. The molecular formula is C25H26N6O3S. The Labute approximate surface area is 206 Å². The zero-order chi connectivity index (χ0) is 24.4. The number of hydrogen-bond acceptors (Lipinski definition) is 7. The van der Waals surface area contributed by atoms with Gasteiger partial charge in [0, 0.05) is 55.8 Å². The number of amides is 2. The number of imidazole rings is 1. The van der Waals surface area contributed by atoms with Crippen molar-refractivity contribution in [2.75, 3.05) is 25.6 Å². The highest BCUT2D eigenvalue weighted by Crippen LogP contribution is 2.35. The van der Waals surface area contributed by atoms with E-state index in [9.17, 15) is 9.59 Å². The molecule has 180 valence electrons. The minimum atomic E-state index is -0.304. The van der Waals surface area contributed by atoms with Crippen LogP contribution in [0.25, 0.3) is 22.4 Å². The first-order valence-corrected chi connectivity index (χ1v) is 12.3. The first kappa shape index (κ1) is 23.1. The summed E-state index contributed by atoms with van der Waals surface area (Å²) in [5.74, 6) is 0.294. The van der Waals surface area contributed by atoms with Crippen LogP contribution in [0, 0.1) is 0 Å². The number of carbonyl (C=O) groups excluding carboxylic acids is 2. The van der Waals surface area contributed by atoms with Gasteiger partial charge in [0.15, 0.2) is 0 Å². The molecule has 3 aromatic heterocycles. The van der Waals surface area contributed by atoms with Crippen LogP contribution in [0.1, 0.15) is 40.7 Å². The van der Waals surface area contributed by atoms with Crippen molar-refractivity contribution in [3.63, 3.8) is 0 Å². The van der Waals surface area contributed by atoms with Crippen molar-refractivity contribution in [1.29, 1.82) is 0 Å². The molecule has 1 aromatic carbocycles. The van der Waals surface area contributed by atoms with E-state index < -0.39 is 0 Å². The minimum Gasteiger partial charge on any atom is -0.375 e. The zero-order valence-corrected chi connectivity index (χ0v) is 20.4. The third kappa shape index (κ3) is 4.54. The molecule has 4 aromatic rings. The number of pyridine rings is 1. The highest BCUT2D eigenvalue weighted by Gasteiger charge is 2.31. The summed E-state index contributed by atoms with van der Waals surface area (Å²) < 4.78 is 6.90. The molecular weight excluding hydrogens is 464 g/mol. The maximum Gasteiger partial charge on any atom is 0.254 e. The summed E-state index contributed by atoms with van der Waals surface area (Å²) >= 11 is 1.57. The normalized spacial score (nSPS) is 15.9. The van der Waals surface area contributed by atoms with Gasteiger partial charge in [-0.1, -0.05) is 0 Å². The average Bonchev–Trinajstić information content (AvgIpc) is 3.53. The Bertz CT molecular complexity index is 1350. The van der Waals surface area contributed by atoms with E-state index in [0.29, 0.717) is 29.1 Å². The molecule has 0 radical (unpaired) electrons. The number of methoxy groups -OCH3 is 1. The number of rotatable bonds is 6. The summed E-state index contributed by atoms with van der Waals surface area (Å²) in [4.78, 5) is 41.6. The topological polar surface area (TPSA) is 102 Å². The van der Waals surface area contributed by atoms with Gasteiger partial charge in [-0.05, 0) is 43.5 Å². The summed E-state index contributed by atoms with van der Waals surface area (Å²) in [6, 6.07) is 7.26. The number of carbonyl (C=O) groups is 2. The van der Waals surface area contributed by atoms with Crippen LogP contribution in [-0.2, 0) is 16.6 Å². The second-order valence-corrected chi connectivity index (χ2v) is 9.42. The summed E-state index contributed by atoms with van der Waals surface area (Å²) in [7, 11) is 3.35. The predicted molar refractivity (Wildman–Crippen MR) is 134 cm³/mol. The average molecular weight is 491 g/mol. The third-order valence-electron chi connectivity index (χ3n) is 6.19. The Morgan fingerprint density at radius 2 is 2.14 bits per heavy atom. The van der Waals surface area contributed by atoms with Gasteiger partial charge < -0.3 is 19.5 Å². The number of nitrogens with one attached hydrogen (secondary N) is 1. The lowest BCUT2D eigenvalue weighted by Gasteiger charge is -2.34. The number of likely N-dealkylation sites (tertiary alicyclic amines) is 1. The number of anilines is 1. The van der Waals surface area contributed by atoms with Gasteiger partial charge >= 0.3 is 0 Å². The predicted octanol–water partition coefficient (Wildman–Crippen LogP) is 4.04. The Kier molecular flexibility index (Phi) is 6.56.